The van der Waals surface area contributed by atoms with Gasteiger partial charge in [0, 0.05) is 6.04 Å². The van der Waals surface area contributed by atoms with Crippen molar-refractivity contribution in [2.45, 2.75) is 25.8 Å². The molecule has 1 aromatic rings. The minimum Gasteiger partial charge on any atom is -0.506 e. The molecule has 0 aromatic heterocycles. The summed E-state index contributed by atoms with van der Waals surface area (Å²) in [4.78, 5) is 0. The average Bonchev–Trinajstić information content (AvgIpc) is 2.13. The maximum Gasteiger partial charge on any atom is 0.137 e. The van der Waals surface area contributed by atoms with E-state index in [0.717, 1.165) is 12.5 Å². The Bertz CT molecular complexity index is 330. The maximum absolute atomic E-state index is 12.9. The summed E-state index contributed by atoms with van der Waals surface area (Å²) in [5.41, 5.74) is 6.16. The van der Waals surface area contributed by atoms with Crippen LogP contribution in [0.1, 0.15) is 18.9 Å². The van der Waals surface area contributed by atoms with E-state index in [1.807, 2.05) is 6.92 Å². The van der Waals surface area contributed by atoms with Crippen LogP contribution in [0.2, 0.25) is 5.02 Å². The van der Waals surface area contributed by atoms with Gasteiger partial charge in [-0.1, -0.05) is 18.5 Å². The molecule has 0 aliphatic rings. The molecule has 0 bridgehead atoms. The third-order valence-electron chi connectivity index (χ3n) is 2.11. The van der Waals surface area contributed by atoms with Gasteiger partial charge in [0.1, 0.15) is 11.6 Å². The molecule has 0 aliphatic heterocycles. The Morgan fingerprint density at radius 1 is 1.57 bits per heavy atom. The van der Waals surface area contributed by atoms with Crippen molar-refractivity contribution in [1.29, 1.82) is 0 Å². The fourth-order valence-electron chi connectivity index (χ4n) is 1.20. The highest BCUT2D eigenvalue weighted by molar-refractivity contribution is 6.32. The highest BCUT2D eigenvalue weighted by atomic mass is 35.5. The minimum absolute atomic E-state index is 0.0308. The highest BCUT2D eigenvalue weighted by Gasteiger charge is 2.11. The van der Waals surface area contributed by atoms with E-state index < -0.39 is 5.82 Å². The zero-order chi connectivity index (χ0) is 10.7. The molecule has 0 spiro atoms. The second kappa shape index (κ2) is 4.62. The van der Waals surface area contributed by atoms with E-state index in [1.165, 1.54) is 6.07 Å². The standard InChI is InChI=1S/C10H13ClFNO/c1-2-8(13)4-6-3-7(12)5-9(11)10(6)14/h3,5,8,14H,2,4,13H2,1H3. The lowest BCUT2D eigenvalue weighted by atomic mass is 10.0. The summed E-state index contributed by atoms with van der Waals surface area (Å²) in [7, 11) is 0. The Labute approximate surface area is 87.5 Å². The first-order valence-electron chi connectivity index (χ1n) is 4.47. The van der Waals surface area contributed by atoms with E-state index in [2.05, 4.69) is 0 Å². The van der Waals surface area contributed by atoms with Gasteiger partial charge in [0.25, 0.3) is 0 Å². The van der Waals surface area contributed by atoms with Crippen molar-refractivity contribution in [3.8, 4) is 5.75 Å². The molecule has 0 saturated carbocycles. The molecular weight excluding hydrogens is 205 g/mol. The predicted octanol–water partition coefficient (Wildman–Crippen LogP) is 2.46. The van der Waals surface area contributed by atoms with E-state index in [4.69, 9.17) is 17.3 Å². The number of nitrogens with two attached hydrogens (primary N) is 1. The quantitative estimate of drug-likeness (QED) is 0.817. The van der Waals surface area contributed by atoms with Crippen LogP contribution in [-0.4, -0.2) is 11.1 Å². The smallest absolute Gasteiger partial charge is 0.137 e. The Morgan fingerprint density at radius 2 is 2.21 bits per heavy atom. The minimum atomic E-state index is -0.453. The topological polar surface area (TPSA) is 46.2 Å². The number of phenolic OH excluding ortho intramolecular Hbond substituents is 1. The van der Waals surface area contributed by atoms with Gasteiger partial charge < -0.3 is 10.8 Å². The Morgan fingerprint density at radius 3 is 2.79 bits per heavy atom. The highest BCUT2D eigenvalue weighted by Crippen LogP contribution is 2.29. The molecule has 2 nitrogen and oxygen atoms in total. The SMILES string of the molecule is CCC(N)Cc1cc(F)cc(Cl)c1O. The number of aromatic hydroxyl groups is 1. The van der Waals surface area contributed by atoms with Gasteiger partial charge >= 0.3 is 0 Å². The summed E-state index contributed by atoms with van der Waals surface area (Å²) < 4.78 is 12.9. The van der Waals surface area contributed by atoms with Crippen LogP contribution in [0.4, 0.5) is 4.39 Å². The largest absolute Gasteiger partial charge is 0.506 e. The van der Waals surface area contributed by atoms with Crippen LogP contribution in [0.15, 0.2) is 12.1 Å². The first-order valence-corrected chi connectivity index (χ1v) is 4.84. The molecule has 0 fully saturated rings. The molecule has 1 atom stereocenters. The van der Waals surface area contributed by atoms with Gasteiger partial charge in [-0.15, -0.1) is 0 Å². The molecule has 78 valence electrons. The van der Waals surface area contributed by atoms with E-state index in [1.54, 1.807) is 0 Å². The molecule has 0 saturated heterocycles. The normalized spacial score (nSPS) is 12.9. The molecule has 3 N–H and O–H groups in total. The summed E-state index contributed by atoms with van der Waals surface area (Å²) in [5, 5.41) is 9.54. The fraction of sp³-hybridized carbons (Fsp3) is 0.400. The number of phenols is 1. The van der Waals surface area contributed by atoms with Gasteiger partial charge in [0.15, 0.2) is 0 Å². The van der Waals surface area contributed by atoms with Crippen molar-refractivity contribution >= 4 is 11.6 Å². The van der Waals surface area contributed by atoms with Crippen LogP contribution in [0.3, 0.4) is 0 Å². The van der Waals surface area contributed by atoms with Gasteiger partial charge in [-0.3, -0.25) is 0 Å². The Hall–Kier alpha value is -0.800. The average molecular weight is 218 g/mol. The molecular formula is C10H13ClFNO. The lowest BCUT2D eigenvalue weighted by Gasteiger charge is -2.11. The van der Waals surface area contributed by atoms with Crippen molar-refractivity contribution in [3.05, 3.63) is 28.5 Å². The van der Waals surface area contributed by atoms with E-state index >= 15 is 0 Å². The van der Waals surface area contributed by atoms with Crippen molar-refractivity contribution in [2.75, 3.05) is 0 Å². The van der Waals surface area contributed by atoms with Crippen molar-refractivity contribution in [1.82, 2.24) is 0 Å². The molecule has 0 heterocycles. The molecule has 1 unspecified atom stereocenters. The third-order valence-corrected chi connectivity index (χ3v) is 2.40. The Balaban J connectivity index is 2.96. The van der Waals surface area contributed by atoms with Gasteiger partial charge in [-0.05, 0) is 30.5 Å². The summed E-state index contributed by atoms with van der Waals surface area (Å²) in [5.74, 6) is -0.525. The second-order valence-corrected chi connectivity index (χ2v) is 3.67. The zero-order valence-corrected chi connectivity index (χ0v) is 8.68. The molecule has 0 amide bonds. The molecule has 0 aliphatic carbocycles. The van der Waals surface area contributed by atoms with Crippen LogP contribution < -0.4 is 5.73 Å². The third kappa shape index (κ3) is 2.59. The van der Waals surface area contributed by atoms with E-state index in [9.17, 15) is 9.50 Å². The number of benzene rings is 1. The van der Waals surface area contributed by atoms with Gasteiger partial charge in [-0.25, -0.2) is 4.39 Å². The maximum atomic E-state index is 12.9. The van der Waals surface area contributed by atoms with Crippen LogP contribution in [0, 0.1) is 5.82 Å². The second-order valence-electron chi connectivity index (χ2n) is 3.27. The summed E-state index contributed by atoms with van der Waals surface area (Å²) in [6.07, 6.45) is 1.20. The summed E-state index contributed by atoms with van der Waals surface area (Å²) >= 11 is 5.61. The van der Waals surface area contributed by atoms with Crippen LogP contribution in [0.25, 0.3) is 0 Å². The molecule has 0 radical (unpaired) electrons. The van der Waals surface area contributed by atoms with Gasteiger partial charge in [0.2, 0.25) is 0 Å². The van der Waals surface area contributed by atoms with Crippen LogP contribution in [-0.2, 0) is 6.42 Å². The van der Waals surface area contributed by atoms with Crippen LogP contribution in [0.5, 0.6) is 5.75 Å². The van der Waals surface area contributed by atoms with Crippen molar-refractivity contribution in [3.63, 3.8) is 0 Å². The predicted molar refractivity (Wildman–Crippen MR) is 55.0 cm³/mol. The summed E-state index contributed by atoms with van der Waals surface area (Å²) in [6.45, 7) is 1.93. The van der Waals surface area contributed by atoms with E-state index in [-0.39, 0.29) is 16.8 Å². The lowest BCUT2D eigenvalue weighted by molar-refractivity contribution is 0.461. The molecule has 1 rings (SSSR count). The first kappa shape index (κ1) is 11.3. The zero-order valence-electron chi connectivity index (χ0n) is 7.93. The first-order chi connectivity index (χ1) is 6.54. The van der Waals surface area contributed by atoms with Gasteiger partial charge in [0.05, 0.1) is 5.02 Å². The van der Waals surface area contributed by atoms with E-state index in [0.29, 0.717) is 12.0 Å². The lowest BCUT2D eigenvalue weighted by Crippen LogP contribution is -2.21. The van der Waals surface area contributed by atoms with Crippen molar-refractivity contribution in [2.24, 2.45) is 5.73 Å². The van der Waals surface area contributed by atoms with Crippen molar-refractivity contribution < 1.29 is 9.50 Å². The van der Waals surface area contributed by atoms with Gasteiger partial charge in [-0.2, -0.15) is 0 Å². The van der Waals surface area contributed by atoms with Crippen LogP contribution >= 0.6 is 11.6 Å². The number of halogens is 2. The number of hydrogen-bond acceptors (Lipinski definition) is 2. The molecule has 14 heavy (non-hydrogen) atoms. The molecule has 1 aromatic carbocycles. The fourth-order valence-corrected chi connectivity index (χ4v) is 1.43. The summed E-state index contributed by atoms with van der Waals surface area (Å²) in [6, 6.07) is 2.26. The monoisotopic (exact) mass is 217 g/mol. The number of rotatable bonds is 3. The molecule has 4 heteroatoms. The number of hydrogen-bond donors (Lipinski definition) is 2. The Kier molecular flexibility index (Phi) is 3.72.